The van der Waals surface area contributed by atoms with Crippen LogP contribution in [0, 0.1) is 6.92 Å². The molecule has 1 aliphatic heterocycles. The number of aromatic nitrogens is 1. The first-order valence-electron chi connectivity index (χ1n) is 7.35. The maximum absolute atomic E-state index is 2.44. The summed E-state index contributed by atoms with van der Waals surface area (Å²) in [5.41, 5.74) is 4.45. The van der Waals surface area contributed by atoms with Crippen molar-refractivity contribution in [1.29, 1.82) is 0 Å². The molecule has 3 heterocycles. The molecule has 1 atom stereocenters. The Morgan fingerprint density at radius 1 is 0.905 bits per heavy atom. The Bertz CT molecular complexity index is 1030. The zero-order chi connectivity index (χ0) is 14.0. The Hall–Kier alpha value is -2.11. The van der Waals surface area contributed by atoms with Crippen LogP contribution in [0.3, 0.4) is 0 Å². The van der Waals surface area contributed by atoms with Gasteiger partial charge in [0.25, 0.3) is 0 Å². The molecule has 0 N–H and O–H groups in total. The summed E-state index contributed by atoms with van der Waals surface area (Å²) in [6, 6.07) is 20.2. The van der Waals surface area contributed by atoms with Crippen LogP contribution < -0.4 is 4.57 Å². The predicted molar refractivity (Wildman–Crippen MR) is 89.5 cm³/mol. The van der Waals surface area contributed by atoms with Crippen molar-refractivity contribution in [2.75, 3.05) is 0 Å². The van der Waals surface area contributed by atoms with Crippen LogP contribution in [0.15, 0.2) is 60.8 Å². The zero-order valence-corrected chi connectivity index (χ0v) is 12.8. The number of hydrogen-bond acceptors (Lipinski definition) is 0. The number of benzene rings is 2. The summed E-state index contributed by atoms with van der Waals surface area (Å²) in [5.74, 6) is 0. The van der Waals surface area contributed by atoms with E-state index < -0.39 is 0 Å². The molecule has 0 fully saturated rings. The smallest absolute Gasteiger partial charge is 0.191 e. The summed E-state index contributed by atoms with van der Waals surface area (Å²) in [5, 5.41) is 6.04. The monoisotopic (exact) mass is 288 g/mol. The molecule has 100 valence electrons. The molecule has 0 amide bonds. The minimum absolute atomic E-state index is 0.378. The van der Waals surface area contributed by atoms with Crippen LogP contribution >= 0.6 is 7.53 Å². The van der Waals surface area contributed by atoms with Crippen LogP contribution in [0.25, 0.3) is 26.4 Å². The molecule has 21 heavy (non-hydrogen) atoms. The lowest BCUT2D eigenvalue weighted by molar-refractivity contribution is -0.674. The fraction of sp³-hybridized carbons (Fsp3) is 0.105. The Labute approximate surface area is 124 Å². The van der Waals surface area contributed by atoms with E-state index in [0.29, 0.717) is 0 Å². The van der Waals surface area contributed by atoms with Crippen molar-refractivity contribution in [2.24, 2.45) is 0 Å². The van der Waals surface area contributed by atoms with Crippen molar-refractivity contribution in [3.8, 4) is 5.44 Å². The highest BCUT2D eigenvalue weighted by Crippen LogP contribution is 2.56. The molecule has 2 heteroatoms. The van der Waals surface area contributed by atoms with E-state index >= 15 is 0 Å². The average molecular weight is 288 g/mol. The van der Waals surface area contributed by atoms with Gasteiger partial charge in [0.15, 0.2) is 12.7 Å². The third kappa shape index (κ3) is 1.40. The highest BCUT2D eigenvalue weighted by Gasteiger charge is 2.28. The molecule has 2 aromatic heterocycles. The van der Waals surface area contributed by atoms with Crippen molar-refractivity contribution in [3.05, 3.63) is 71.9 Å². The minimum Gasteiger partial charge on any atom is -0.191 e. The number of pyridine rings is 1. The van der Waals surface area contributed by atoms with Crippen molar-refractivity contribution < 1.29 is 4.57 Å². The van der Waals surface area contributed by atoms with Crippen molar-refractivity contribution in [3.63, 3.8) is 0 Å². The SMILES string of the molecule is Cc1ccc2c3ccccc3p3c2c1C[n+]1ccccc1-3. The van der Waals surface area contributed by atoms with Gasteiger partial charge in [0.05, 0.1) is 0 Å². The van der Waals surface area contributed by atoms with Crippen molar-refractivity contribution in [2.45, 2.75) is 13.5 Å². The van der Waals surface area contributed by atoms with Crippen LogP contribution in [0.2, 0.25) is 0 Å². The van der Waals surface area contributed by atoms with Gasteiger partial charge in [-0.3, -0.25) is 0 Å². The summed E-state index contributed by atoms with van der Waals surface area (Å²) >= 11 is 0. The van der Waals surface area contributed by atoms with Gasteiger partial charge in [-0.25, -0.2) is 0 Å². The minimum atomic E-state index is -0.378. The maximum Gasteiger partial charge on any atom is 0.227 e. The molecular weight excluding hydrogens is 273 g/mol. The molecule has 0 radical (unpaired) electrons. The fourth-order valence-electron chi connectivity index (χ4n) is 3.64. The third-order valence-electron chi connectivity index (χ3n) is 4.65. The zero-order valence-electron chi connectivity index (χ0n) is 11.9. The van der Waals surface area contributed by atoms with Crippen LogP contribution in [0.4, 0.5) is 0 Å². The van der Waals surface area contributed by atoms with E-state index in [1.807, 2.05) is 0 Å². The molecule has 0 spiro atoms. The van der Waals surface area contributed by atoms with Gasteiger partial charge in [0.2, 0.25) is 5.44 Å². The molecule has 4 aromatic rings. The number of rotatable bonds is 0. The summed E-state index contributed by atoms with van der Waals surface area (Å²) in [4.78, 5) is 0. The first-order chi connectivity index (χ1) is 10.3. The van der Waals surface area contributed by atoms with Crippen LogP contribution in [-0.4, -0.2) is 0 Å². The molecule has 0 bridgehead atoms. The molecule has 0 aliphatic carbocycles. The van der Waals surface area contributed by atoms with Gasteiger partial charge in [-0.2, -0.15) is 4.57 Å². The normalized spacial score (nSPS) is 13.7. The summed E-state index contributed by atoms with van der Waals surface area (Å²) in [6.45, 7) is 3.26. The van der Waals surface area contributed by atoms with Gasteiger partial charge in [-0.05, 0) is 42.9 Å². The van der Waals surface area contributed by atoms with Gasteiger partial charge in [0, 0.05) is 27.9 Å². The van der Waals surface area contributed by atoms with Gasteiger partial charge < -0.3 is 0 Å². The molecular formula is C19H15NP+. The van der Waals surface area contributed by atoms with E-state index in [9.17, 15) is 0 Å². The lowest BCUT2D eigenvalue weighted by atomic mass is 10.0. The number of aryl methyl sites for hydroxylation is 1. The van der Waals surface area contributed by atoms with Crippen molar-refractivity contribution in [1.82, 2.24) is 0 Å². The third-order valence-corrected chi connectivity index (χ3v) is 7.34. The van der Waals surface area contributed by atoms with Crippen molar-refractivity contribution >= 4 is 28.5 Å². The Kier molecular flexibility index (Phi) is 2.18. The molecule has 1 unspecified atom stereocenters. The Balaban J connectivity index is 2.13. The summed E-state index contributed by atoms with van der Waals surface area (Å²) in [7, 11) is -0.378. The molecule has 2 aromatic carbocycles. The van der Waals surface area contributed by atoms with Gasteiger partial charge in [-0.15, -0.1) is 0 Å². The van der Waals surface area contributed by atoms with E-state index in [1.54, 1.807) is 10.7 Å². The molecule has 5 rings (SSSR count). The van der Waals surface area contributed by atoms with Crippen LogP contribution in [0.5, 0.6) is 0 Å². The molecule has 1 aliphatic rings. The second-order valence-corrected chi connectivity index (χ2v) is 7.85. The fourth-order valence-corrected chi connectivity index (χ4v) is 6.61. The lowest BCUT2D eigenvalue weighted by Crippen LogP contribution is -2.37. The van der Waals surface area contributed by atoms with Crippen LogP contribution in [-0.2, 0) is 6.54 Å². The first-order valence-corrected chi connectivity index (χ1v) is 8.69. The van der Waals surface area contributed by atoms with Crippen LogP contribution in [0.1, 0.15) is 11.1 Å². The second-order valence-electron chi connectivity index (χ2n) is 5.80. The highest BCUT2D eigenvalue weighted by molar-refractivity contribution is 7.67. The summed E-state index contributed by atoms with van der Waals surface area (Å²) in [6.07, 6.45) is 2.23. The van der Waals surface area contributed by atoms with Gasteiger partial charge in [-0.1, -0.05) is 30.3 Å². The molecule has 0 saturated heterocycles. The predicted octanol–water partition coefficient (Wildman–Crippen LogP) is 4.93. The second kappa shape index (κ2) is 3.96. The number of hydrogen-bond donors (Lipinski definition) is 0. The quantitative estimate of drug-likeness (QED) is 0.356. The van der Waals surface area contributed by atoms with E-state index in [1.165, 1.54) is 26.9 Å². The highest BCUT2D eigenvalue weighted by atomic mass is 31.1. The summed E-state index contributed by atoms with van der Waals surface area (Å²) < 4.78 is 2.44. The number of nitrogens with zero attached hydrogens (tertiary/aromatic N) is 1. The largest absolute Gasteiger partial charge is 0.227 e. The van der Waals surface area contributed by atoms with E-state index in [2.05, 4.69) is 72.3 Å². The standard InChI is InChI=1S/C19H15NP/c1-13-9-10-15-14-6-2-3-7-17(14)21-18-8-4-5-11-20(18)12-16(13)19(15)21/h2-11H,12H2,1H3/q+1. The van der Waals surface area contributed by atoms with E-state index in [4.69, 9.17) is 0 Å². The Morgan fingerprint density at radius 2 is 1.76 bits per heavy atom. The first kappa shape index (κ1) is 11.5. The van der Waals surface area contributed by atoms with Gasteiger partial charge in [0.1, 0.15) is 0 Å². The molecule has 0 saturated carbocycles. The molecule has 1 nitrogen and oxygen atoms in total. The topological polar surface area (TPSA) is 3.88 Å². The Morgan fingerprint density at radius 3 is 2.71 bits per heavy atom. The van der Waals surface area contributed by atoms with Gasteiger partial charge >= 0.3 is 0 Å². The van der Waals surface area contributed by atoms with E-state index in [-0.39, 0.29) is 7.53 Å². The number of fused-ring (bicyclic) bond motifs is 5. The lowest BCUT2D eigenvalue weighted by Gasteiger charge is -2.14. The average Bonchev–Trinajstić information content (AvgIpc) is 2.87. The maximum atomic E-state index is 2.44. The van der Waals surface area contributed by atoms with E-state index in [0.717, 1.165) is 6.54 Å².